The van der Waals surface area contributed by atoms with Crippen molar-refractivity contribution >= 4 is 11.6 Å². The smallest absolute Gasteiger partial charge is 0.241 e. The number of rotatable bonds is 5. The van der Waals surface area contributed by atoms with Gasteiger partial charge in [0.1, 0.15) is 12.5 Å². The molecular formula is C7H11ClN2O2. The van der Waals surface area contributed by atoms with E-state index in [1.807, 2.05) is 6.92 Å². The maximum absolute atomic E-state index is 5.46. The molecule has 0 atom stereocenters. The predicted molar refractivity (Wildman–Crippen MR) is 43.8 cm³/mol. The molecule has 0 saturated heterocycles. The summed E-state index contributed by atoms with van der Waals surface area (Å²) >= 11 is 5.46. The fourth-order valence-corrected chi connectivity index (χ4v) is 0.819. The molecule has 0 saturated carbocycles. The van der Waals surface area contributed by atoms with E-state index in [-0.39, 0.29) is 5.88 Å². The van der Waals surface area contributed by atoms with Crippen LogP contribution in [0.1, 0.15) is 25.1 Å². The van der Waals surface area contributed by atoms with Crippen LogP contribution in [0.25, 0.3) is 0 Å². The van der Waals surface area contributed by atoms with Crippen molar-refractivity contribution in [2.24, 2.45) is 0 Å². The summed E-state index contributed by atoms with van der Waals surface area (Å²) in [4.78, 5) is 3.97. The van der Waals surface area contributed by atoms with Gasteiger partial charge in [0.2, 0.25) is 5.89 Å². The Morgan fingerprint density at radius 3 is 3.00 bits per heavy atom. The standard InChI is InChI=1S/C7H11ClN2O2/c1-2-3-11-5-6-9-7(4-8)12-10-6/h2-5H2,1H3. The van der Waals surface area contributed by atoms with Crippen molar-refractivity contribution in [2.45, 2.75) is 25.8 Å². The third-order valence-corrected chi connectivity index (χ3v) is 1.43. The van der Waals surface area contributed by atoms with Gasteiger partial charge in [-0.1, -0.05) is 12.1 Å². The number of hydrogen-bond acceptors (Lipinski definition) is 4. The van der Waals surface area contributed by atoms with Gasteiger partial charge in [-0.05, 0) is 6.42 Å². The van der Waals surface area contributed by atoms with Gasteiger partial charge in [0.05, 0.1) is 0 Å². The molecule has 1 aromatic heterocycles. The summed E-state index contributed by atoms with van der Waals surface area (Å²) in [5.41, 5.74) is 0. The van der Waals surface area contributed by atoms with E-state index in [9.17, 15) is 0 Å². The lowest BCUT2D eigenvalue weighted by atomic mass is 10.5. The molecule has 68 valence electrons. The lowest BCUT2D eigenvalue weighted by Crippen LogP contribution is -1.95. The zero-order valence-corrected chi connectivity index (χ0v) is 7.67. The predicted octanol–water partition coefficient (Wildman–Crippen LogP) is 1.74. The molecule has 12 heavy (non-hydrogen) atoms. The van der Waals surface area contributed by atoms with Gasteiger partial charge in [-0.2, -0.15) is 4.98 Å². The SMILES string of the molecule is CCCOCc1noc(CCl)n1. The first-order valence-electron chi connectivity index (χ1n) is 3.82. The Bertz CT molecular complexity index is 227. The van der Waals surface area contributed by atoms with Crippen molar-refractivity contribution in [3.05, 3.63) is 11.7 Å². The molecule has 4 nitrogen and oxygen atoms in total. The molecule has 5 heteroatoms. The highest BCUT2D eigenvalue weighted by molar-refractivity contribution is 6.16. The summed E-state index contributed by atoms with van der Waals surface area (Å²) in [6, 6.07) is 0. The van der Waals surface area contributed by atoms with Gasteiger partial charge < -0.3 is 9.26 Å². The molecule has 1 aromatic rings. The average molecular weight is 191 g/mol. The van der Waals surface area contributed by atoms with Gasteiger partial charge in [-0.15, -0.1) is 11.6 Å². The number of alkyl halides is 1. The van der Waals surface area contributed by atoms with Crippen LogP contribution in [-0.2, 0) is 17.2 Å². The van der Waals surface area contributed by atoms with Crippen molar-refractivity contribution in [3.8, 4) is 0 Å². The largest absolute Gasteiger partial charge is 0.373 e. The number of aromatic nitrogens is 2. The molecule has 0 radical (unpaired) electrons. The molecule has 0 aliphatic rings. The second kappa shape index (κ2) is 5.11. The summed E-state index contributed by atoms with van der Waals surface area (Å²) in [7, 11) is 0. The second-order valence-corrected chi connectivity index (χ2v) is 2.56. The Labute approximate surface area is 75.9 Å². The lowest BCUT2D eigenvalue weighted by Gasteiger charge is -1.95. The summed E-state index contributed by atoms with van der Waals surface area (Å²) in [6.07, 6.45) is 0.986. The third-order valence-electron chi connectivity index (χ3n) is 1.20. The summed E-state index contributed by atoms with van der Waals surface area (Å²) in [6.45, 7) is 3.15. The van der Waals surface area contributed by atoms with Gasteiger partial charge >= 0.3 is 0 Å². The zero-order chi connectivity index (χ0) is 8.81. The highest BCUT2D eigenvalue weighted by atomic mass is 35.5. The maximum Gasteiger partial charge on any atom is 0.241 e. The molecule has 0 fully saturated rings. The quantitative estimate of drug-likeness (QED) is 0.524. The van der Waals surface area contributed by atoms with Crippen molar-refractivity contribution in [2.75, 3.05) is 6.61 Å². The third kappa shape index (κ3) is 2.79. The number of halogens is 1. The van der Waals surface area contributed by atoms with Crippen molar-refractivity contribution in [1.29, 1.82) is 0 Å². The van der Waals surface area contributed by atoms with E-state index < -0.39 is 0 Å². The van der Waals surface area contributed by atoms with E-state index in [2.05, 4.69) is 10.1 Å². The van der Waals surface area contributed by atoms with Crippen LogP contribution >= 0.6 is 11.6 Å². The van der Waals surface area contributed by atoms with Gasteiger partial charge in [0, 0.05) is 6.61 Å². The van der Waals surface area contributed by atoms with E-state index >= 15 is 0 Å². The Morgan fingerprint density at radius 1 is 1.58 bits per heavy atom. The first kappa shape index (κ1) is 9.48. The maximum atomic E-state index is 5.46. The molecule has 0 N–H and O–H groups in total. The molecule has 0 aliphatic carbocycles. The molecule has 1 heterocycles. The fourth-order valence-electron chi connectivity index (χ4n) is 0.711. The Morgan fingerprint density at radius 2 is 2.42 bits per heavy atom. The number of ether oxygens (including phenoxy) is 1. The Hall–Kier alpha value is -0.610. The van der Waals surface area contributed by atoms with Crippen molar-refractivity contribution in [3.63, 3.8) is 0 Å². The van der Waals surface area contributed by atoms with Gasteiger partial charge in [-0.3, -0.25) is 0 Å². The average Bonchev–Trinajstić information content (AvgIpc) is 2.53. The minimum absolute atomic E-state index is 0.251. The Balaban J connectivity index is 2.31. The molecule has 0 amide bonds. The van der Waals surface area contributed by atoms with Crippen LogP contribution in [-0.4, -0.2) is 16.7 Å². The van der Waals surface area contributed by atoms with Crippen LogP contribution in [0.2, 0.25) is 0 Å². The molecule has 0 aromatic carbocycles. The first-order valence-corrected chi connectivity index (χ1v) is 4.35. The van der Waals surface area contributed by atoms with Crippen molar-refractivity contribution < 1.29 is 9.26 Å². The van der Waals surface area contributed by atoms with E-state index in [0.717, 1.165) is 6.42 Å². The molecule has 1 rings (SSSR count). The van der Waals surface area contributed by atoms with Crippen LogP contribution in [0.3, 0.4) is 0 Å². The normalized spacial score (nSPS) is 10.5. The summed E-state index contributed by atoms with van der Waals surface area (Å²) in [5, 5.41) is 3.66. The summed E-state index contributed by atoms with van der Waals surface area (Å²) < 4.78 is 9.97. The van der Waals surface area contributed by atoms with E-state index in [1.165, 1.54) is 0 Å². The minimum atomic E-state index is 0.251. The zero-order valence-electron chi connectivity index (χ0n) is 6.92. The topological polar surface area (TPSA) is 48.2 Å². The highest BCUT2D eigenvalue weighted by Crippen LogP contribution is 2.01. The van der Waals surface area contributed by atoms with E-state index in [4.69, 9.17) is 20.9 Å². The van der Waals surface area contributed by atoms with Crippen LogP contribution in [0.5, 0.6) is 0 Å². The molecule has 0 aliphatic heterocycles. The highest BCUT2D eigenvalue weighted by Gasteiger charge is 2.03. The van der Waals surface area contributed by atoms with E-state index in [1.54, 1.807) is 0 Å². The lowest BCUT2D eigenvalue weighted by molar-refractivity contribution is 0.114. The van der Waals surface area contributed by atoms with E-state index in [0.29, 0.717) is 24.9 Å². The van der Waals surface area contributed by atoms with Crippen molar-refractivity contribution in [1.82, 2.24) is 10.1 Å². The minimum Gasteiger partial charge on any atom is -0.373 e. The molecule has 0 unspecified atom stereocenters. The van der Waals surface area contributed by atoms with Crippen LogP contribution in [0.4, 0.5) is 0 Å². The molecule has 0 bridgehead atoms. The second-order valence-electron chi connectivity index (χ2n) is 2.29. The van der Waals surface area contributed by atoms with Crippen LogP contribution in [0, 0.1) is 0 Å². The Kier molecular flexibility index (Phi) is 4.04. The summed E-state index contributed by atoms with van der Waals surface area (Å²) in [5.74, 6) is 1.24. The van der Waals surface area contributed by atoms with Crippen LogP contribution < -0.4 is 0 Å². The van der Waals surface area contributed by atoms with Crippen LogP contribution in [0.15, 0.2) is 4.52 Å². The molecule has 0 spiro atoms. The number of nitrogens with zero attached hydrogens (tertiary/aromatic N) is 2. The fraction of sp³-hybridized carbons (Fsp3) is 0.714. The van der Waals surface area contributed by atoms with Gasteiger partial charge in [0.25, 0.3) is 0 Å². The van der Waals surface area contributed by atoms with Gasteiger partial charge in [-0.25, -0.2) is 0 Å². The first-order chi connectivity index (χ1) is 5.86. The number of hydrogen-bond donors (Lipinski definition) is 0. The monoisotopic (exact) mass is 190 g/mol. The molecular weight excluding hydrogens is 180 g/mol. The van der Waals surface area contributed by atoms with Gasteiger partial charge in [0.15, 0.2) is 5.82 Å².